The number of nitrogens with one attached hydrogen (secondary N) is 2. The molecule has 2 N–H and O–H groups in total. The lowest BCUT2D eigenvalue weighted by molar-refractivity contribution is -0.134. The predicted octanol–water partition coefficient (Wildman–Crippen LogP) is 3.10. The highest BCUT2D eigenvalue weighted by molar-refractivity contribution is 5.81. The fraction of sp³-hybridized carbons (Fsp3) is 0.619. The van der Waals surface area contributed by atoms with E-state index in [4.69, 9.17) is 0 Å². The number of carbonyl (C=O) groups excluding carboxylic acids is 1. The number of rotatable bonds is 7. The fourth-order valence-electron chi connectivity index (χ4n) is 3.46. The number of amides is 1. The monoisotopic (exact) mass is 358 g/mol. The van der Waals surface area contributed by atoms with Crippen molar-refractivity contribution in [2.45, 2.75) is 65.5 Å². The molecule has 1 aromatic rings. The molecule has 5 heteroatoms. The van der Waals surface area contributed by atoms with Crippen molar-refractivity contribution in [3.63, 3.8) is 0 Å². The standard InChI is InChI=1S/C21H34N4O/c1-4-18-11-6-7-12-19(18)16-24-21(22-5-2)23-14-13-20(26)25-15-9-8-10-17(25)3/h6-7,11-12,17H,4-5,8-10,13-16H2,1-3H3,(H2,22,23,24). The van der Waals surface area contributed by atoms with Gasteiger partial charge in [-0.1, -0.05) is 31.2 Å². The van der Waals surface area contributed by atoms with E-state index < -0.39 is 0 Å². The molecule has 0 spiro atoms. The van der Waals surface area contributed by atoms with Gasteiger partial charge in [-0.3, -0.25) is 4.79 Å². The number of carbonyl (C=O) groups is 1. The Morgan fingerprint density at radius 2 is 1.96 bits per heavy atom. The summed E-state index contributed by atoms with van der Waals surface area (Å²) in [5, 5.41) is 6.57. The van der Waals surface area contributed by atoms with E-state index in [2.05, 4.69) is 60.7 Å². The Balaban J connectivity index is 1.86. The van der Waals surface area contributed by atoms with Crippen molar-refractivity contribution >= 4 is 11.9 Å². The number of aliphatic imine (C=N–C) groups is 1. The zero-order valence-corrected chi connectivity index (χ0v) is 16.6. The lowest BCUT2D eigenvalue weighted by Crippen LogP contribution is -2.44. The molecule has 2 rings (SSSR count). The molecule has 0 aromatic heterocycles. The van der Waals surface area contributed by atoms with Gasteiger partial charge in [-0.05, 0) is 50.7 Å². The van der Waals surface area contributed by atoms with Crippen LogP contribution in [0.15, 0.2) is 29.3 Å². The summed E-state index contributed by atoms with van der Waals surface area (Å²) < 4.78 is 0. The van der Waals surface area contributed by atoms with E-state index in [1.807, 2.05) is 4.90 Å². The van der Waals surface area contributed by atoms with E-state index in [1.165, 1.54) is 17.5 Å². The number of aryl methyl sites for hydroxylation is 1. The lowest BCUT2D eigenvalue weighted by atomic mass is 10.0. The van der Waals surface area contributed by atoms with Crippen molar-refractivity contribution in [2.75, 3.05) is 19.6 Å². The van der Waals surface area contributed by atoms with Gasteiger partial charge in [-0.25, -0.2) is 4.99 Å². The van der Waals surface area contributed by atoms with Crippen molar-refractivity contribution < 1.29 is 4.79 Å². The van der Waals surface area contributed by atoms with E-state index >= 15 is 0 Å². The zero-order chi connectivity index (χ0) is 18.8. The largest absolute Gasteiger partial charge is 0.357 e. The first-order chi connectivity index (χ1) is 12.7. The van der Waals surface area contributed by atoms with Gasteiger partial charge in [0.05, 0.1) is 6.54 Å². The number of hydrogen-bond donors (Lipinski definition) is 2. The zero-order valence-electron chi connectivity index (χ0n) is 16.6. The molecule has 0 aliphatic carbocycles. The lowest BCUT2D eigenvalue weighted by Gasteiger charge is -2.33. The number of nitrogens with zero attached hydrogens (tertiary/aromatic N) is 2. The van der Waals surface area contributed by atoms with E-state index in [0.29, 0.717) is 25.6 Å². The summed E-state index contributed by atoms with van der Waals surface area (Å²) in [7, 11) is 0. The van der Waals surface area contributed by atoms with Crippen LogP contribution in [0.1, 0.15) is 57.6 Å². The van der Waals surface area contributed by atoms with Crippen LogP contribution in [0.4, 0.5) is 0 Å². The molecule has 144 valence electrons. The van der Waals surface area contributed by atoms with Gasteiger partial charge in [0.2, 0.25) is 5.91 Å². The molecule has 1 heterocycles. The second-order valence-corrected chi connectivity index (χ2v) is 6.93. The van der Waals surface area contributed by atoms with Crippen molar-refractivity contribution in [2.24, 2.45) is 4.99 Å². The molecule has 1 aromatic carbocycles. The van der Waals surface area contributed by atoms with Crippen LogP contribution in [0.5, 0.6) is 0 Å². The van der Waals surface area contributed by atoms with Gasteiger partial charge in [0, 0.05) is 32.1 Å². The number of benzene rings is 1. The van der Waals surface area contributed by atoms with Gasteiger partial charge in [-0.15, -0.1) is 0 Å². The molecular weight excluding hydrogens is 324 g/mol. The maximum absolute atomic E-state index is 12.4. The summed E-state index contributed by atoms with van der Waals surface area (Å²) in [5.41, 5.74) is 2.59. The van der Waals surface area contributed by atoms with Gasteiger partial charge < -0.3 is 15.5 Å². The molecule has 1 atom stereocenters. The van der Waals surface area contributed by atoms with E-state index in [-0.39, 0.29) is 5.91 Å². The first-order valence-corrected chi connectivity index (χ1v) is 10.0. The van der Waals surface area contributed by atoms with Crippen LogP contribution in [0.25, 0.3) is 0 Å². The van der Waals surface area contributed by atoms with Crippen LogP contribution in [0, 0.1) is 0 Å². The van der Waals surface area contributed by atoms with Crippen LogP contribution in [0.2, 0.25) is 0 Å². The molecule has 0 bridgehead atoms. The summed E-state index contributed by atoms with van der Waals surface area (Å²) in [5.74, 6) is 1.02. The third-order valence-corrected chi connectivity index (χ3v) is 5.01. The third-order valence-electron chi connectivity index (χ3n) is 5.01. The first kappa shape index (κ1) is 20.3. The minimum Gasteiger partial charge on any atom is -0.357 e. The summed E-state index contributed by atoms with van der Waals surface area (Å²) in [4.78, 5) is 19.2. The second-order valence-electron chi connectivity index (χ2n) is 6.93. The van der Waals surface area contributed by atoms with Crippen molar-refractivity contribution in [1.29, 1.82) is 0 Å². The Hall–Kier alpha value is -2.04. The van der Waals surface area contributed by atoms with E-state index in [9.17, 15) is 4.79 Å². The minimum atomic E-state index is 0.247. The molecule has 1 unspecified atom stereocenters. The van der Waals surface area contributed by atoms with Crippen LogP contribution in [0.3, 0.4) is 0 Å². The Bertz CT molecular complexity index is 599. The van der Waals surface area contributed by atoms with E-state index in [1.54, 1.807) is 0 Å². The van der Waals surface area contributed by atoms with Crippen LogP contribution < -0.4 is 10.6 Å². The summed E-state index contributed by atoms with van der Waals surface area (Å²) >= 11 is 0. The maximum Gasteiger partial charge on any atom is 0.224 e. The fourth-order valence-corrected chi connectivity index (χ4v) is 3.46. The predicted molar refractivity (Wildman–Crippen MR) is 108 cm³/mol. The Morgan fingerprint density at radius 1 is 1.19 bits per heavy atom. The highest BCUT2D eigenvalue weighted by atomic mass is 16.2. The average molecular weight is 359 g/mol. The molecule has 26 heavy (non-hydrogen) atoms. The highest BCUT2D eigenvalue weighted by Gasteiger charge is 2.22. The Labute approximate surface area is 158 Å². The highest BCUT2D eigenvalue weighted by Crippen LogP contribution is 2.17. The van der Waals surface area contributed by atoms with Crippen molar-refractivity contribution in [3.8, 4) is 0 Å². The summed E-state index contributed by atoms with van der Waals surface area (Å²) in [6, 6.07) is 8.80. The van der Waals surface area contributed by atoms with Gasteiger partial charge in [0.15, 0.2) is 5.96 Å². The SMILES string of the molecule is CCNC(=NCc1ccccc1CC)NCCC(=O)N1CCCCC1C. The van der Waals surface area contributed by atoms with Crippen molar-refractivity contribution in [3.05, 3.63) is 35.4 Å². The smallest absolute Gasteiger partial charge is 0.224 e. The van der Waals surface area contributed by atoms with Crippen molar-refractivity contribution in [1.82, 2.24) is 15.5 Å². The topological polar surface area (TPSA) is 56.7 Å². The van der Waals surface area contributed by atoms with E-state index in [0.717, 1.165) is 38.3 Å². The molecule has 1 saturated heterocycles. The Kier molecular flexibility index (Phi) is 8.45. The maximum atomic E-state index is 12.4. The summed E-state index contributed by atoms with van der Waals surface area (Å²) in [6.07, 6.45) is 5.02. The minimum absolute atomic E-state index is 0.247. The molecule has 5 nitrogen and oxygen atoms in total. The normalized spacial score (nSPS) is 17.9. The van der Waals surface area contributed by atoms with Crippen LogP contribution in [-0.2, 0) is 17.8 Å². The van der Waals surface area contributed by atoms with Gasteiger partial charge in [-0.2, -0.15) is 0 Å². The number of likely N-dealkylation sites (tertiary alicyclic amines) is 1. The van der Waals surface area contributed by atoms with Gasteiger partial charge in [0.25, 0.3) is 0 Å². The molecule has 1 aliphatic heterocycles. The third kappa shape index (κ3) is 6.04. The van der Waals surface area contributed by atoms with Gasteiger partial charge in [0.1, 0.15) is 0 Å². The quantitative estimate of drug-likeness (QED) is 0.582. The first-order valence-electron chi connectivity index (χ1n) is 10.0. The average Bonchev–Trinajstić information content (AvgIpc) is 2.66. The molecule has 1 fully saturated rings. The molecule has 1 amide bonds. The Morgan fingerprint density at radius 3 is 2.65 bits per heavy atom. The molecule has 0 radical (unpaired) electrons. The summed E-state index contributed by atoms with van der Waals surface area (Å²) in [6.45, 7) is 9.35. The van der Waals surface area contributed by atoms with Crippen LogP contribution >= 0.6 is 0 Å². The number of hydrogen-bond acceptors (Lipinski definition) is 2. The van der Waals surface area contributed by atoms with Gasteiger partial charge >= 0.3 is 0 Å². The van der Waals surface area contributed by atoms with Crippen LogP contribution in [-0.4, -0.2) is 42.4 Å². The molecule has 0 saturated carbocycles. The molecular formula is C21H34N4O. The molecule has 1 aliphatic rings. The number of piperidine rings is 1. The number of guanidine groups is 1. The second kappa shape index (κ2) is 10.8.